The van der Waals surface area contributed by atoms with Gasteiger partial charge in [-0.05, 0) is 22.9 Å². The van der Waals surface area contributed by atoms with Crippen LogP contribution in [-0.4, -0.2) is 6.03 Å². The van der Waals surface area contributed by atoms with E-state index in [0.29, 0.717) is 0 Å². The van der Waals surface area contributed by atoms with E-state index in [1.165, 1.54) is 0 Å². The number of anilines is 2. The smallest absolute Gasteiger partial charge is 0.323 e. The molecule has 0 heterocycles. The zero-order valence-corrected chi connectivity index (χ0v) is 13.0. The average molecular weight is 312 g/mol. The van der Waals surface area contributed by atoms with E-state index in [0.717, 1.165) is 32.9 Å². The van der Waals surface area contributed by atoms with Crippen molar-refractivity contribution in [2.24, 2.45) is 5.73 Å². The molecule has 3 heteroatoms. The van der Waals surface area contributed by atoms with E-state index in [-0.39, 0.29) is 0 Å². The highest BCUT2D eigenvalue weighted by Gasteiger charge is 2.19. The molecule has 2 N–H and O–H groups in total. The number of benzene rings is 4. The van der Waals surface area contributed by atoms with Crippen molar-refractivity contribution in [3.63, 3.8) is 0 Å². The summed E-state index contributed by atoms with van der Waals surface area (Å²) in [6.45, 7) is 0. The molecule has 116 valence electrons. The molecule has 24 heavy (non-hydrogen) atoms. The average Bonchev–Trinajstić information content (AvgIpc) is 2.62. The zero-order chi connectivity index (χ0) is 16.5. The van der Waals surface area contributed by atoms with Crippen LogP contribution in [0.25, 0.3) is 21.5 Å². The lowest BCUT2D eigenvalue weighted by atomic mass is 10.0. The van der Waals surface area contributed by atoms with Crippen molar-refractivity contribution in [3.05, 3.63) is 84.9 Å². The van der Waals surface area contributed by atoms with Crippen molar-refractivity contribution in [2.75, 3.05) is 4.90 Å². The summed E-state index contributed by atoms with van der Waals surface area (Å²) in [6.07, 6.45) is 0. The van der Waals surface area contributed by atoms with Crippen LogP contribution in [0.2, 0.25) is 0 Å². The minimum atomic E-state index is -0.497. The van der Waals surface area contributed by atoms with Crippen molar-refractivity contribution in [1.29, 1.82) is 0 Å². The van der Waals surface area contributed by atoms with Crippen LogP contribution in [0.4, 0.5) is 16.2 Å². The Labute approximate surface area is 139 Å². The molecule has 4 aromatic rings. The van der Waals surface area contributed by atoms with Crippen LogP contribution in [-0.2, 0) is 0 Å². The maximum absolute atomic E-state index is 12.3. The molecule has 4 rings (SSSR count). The fourth-order valence-corrected chi connectivity index (χ4v) is 3.17. The molecule has 4 aromatic carbocycles. The van der Waals surface area contributed by atoms with Gasteiger partial charge in [0, 0.05) is 10.8 Å². The molecular formula is C21H16N2O. The fourth-order valence-electron chi connectivity index (χ4n) is 3.17. The van der Waals surface area contributed by atoms with Gasteiger partial charge in [0.05, 0.1) is 11.4 Å². The van der Waals surface area contributed by atoms with Crippen molar-refractivity contribution in [2.45, 2.75) is 0 Å². The van der Waals surface area contributed by atoms with Crippen LogP contribution in [0.15, 0.2) is 84.9 Å². The van der Waals surface area contributed by atoms with Crippen LogP contribution in [0.3, 0.4) is 0 Å². The lowest BCUT2D eigenvalue weighted by Crippen LogP contribution is -2.31. The van der Waals surface area contributed by atoms with E-state index in [1.807, 2.05) is 84.9 Å². The second-order valence-electron chi connectivity index (χ2n) is 5.67. The van der Waals surface area contributed by atoms with Crippen LogP contribution < -0.4 is 10.6 Å². The highest BCUT2D eigenvalue weighted by molar-refractivity contribution is 6.12. The van der Waals surface area contributed by atoms with E-state index in [4.69, 9.17) is 5.73 Å². The van der Waals surface area contributed by atoms with Crippen LogP contribution in [0.5, 0.6) is 0 Å². The maximum atomic E-state index is 12.3. The maximum Gasteiger partial charge on any atom is 0.323 e. The van der Waals surface area contributed by atoms with Gasteiger partial charge < -0.3 is 5.73 Å². The van der Waals surface area contributed by atoms with E-state index in [9.17, 15) is 4.79 Å². The first-order valence-electron chi connectivity index (χ1n) is 7.81. The Hall–Kier alpha value is -3.33. The topological polar surface area (TPSA) is 46.3 Å². The van der Waals surface area contributed by atoms with Gasteiger partial charge in [-0.15, -0.1) is 0 Å². The third-order valence-corrected chi connectivity index (χ3v) is 4.24. The van der Waals surface area contributed by atoms with Gasteiger partial charge in [0.2, 0.25) is 0 Å². The Morgan fingerprint density at radius 3 is 1.50 bits per heavy atom. The predicted molar refractivity (Wildman–Crippen MR) is 99.6 cm³/mol. The minimum absolute atomic E-state index is 0.497. The zero-order valence-electron chi connectivity index (χ0n) is 13.0. The van der Waals surface area contributed by atoms with E-state index in [2.05, 4.69) is 0 Å². The number of primary amides is 1. The van der Waals surface area contributed by atoms with Crippen molar-refractivity contribution < 1.29 is 4.79 Å². The molecule has 0 aromatic heterocycles. The summed E-state index contributed by atoms with van der Waals surface area (Å²) in [5.74, 6) is 0. The Morgan fingerprint density at radius 1 is 0.625 bits per heavy atom. The summed E-state index contributed by atoms with van der Waals surface area (Å²) in [4.78, 5) is 13.9. The Kier molecular flexibility index (Phi) is 3.39. The van der Waals surface area contributed by atoms with Gasteiger partial charge in [0.25, 0.3) is 0 Å². The first-order chi connectivity index (χ1) is 11.8. The number of hydrogen-bond donors (Lipinski definition) is 1. The van der Waals surface area contributed by atoms with Gasteiger partial charge in [-0.2, -0.15) is 0 Å². The SMILES string of the molecule is NC(=O)N(c1cccc2ccccc12)c1cccc2ccccc12. The molecule has 0 aliphatic carbocycles. The van der Waals surface area contributed by atoms with Crippen molar-refractivity contribution in [1.82, 2.24) is 0 Å². The molecule has 0 aliphatic rings. The van der Waals surface area contributed by atoms with Crippen LogP contribution >= 0.6 is 0 Å². The molecule has 0 radical (unpaired) electrons. The number of hydrogen-bond acceptors (Lipinski definition) is 1. The first kappa shape index (κ1) is 14.3. The second kappa shape index (κ2) is 5.70. The standard InChI is InChI=1S/C21H16N2O/c22-21(24)23(19-13-5-9-15-7-1-3-11-17(15)19)20-14-6-10-16-8-2-4-12-18(16)20/h1-14H,(H2,22,24). The van der Waals surface area contributed by atoms with Gasteiger partial charge in [-0.3, -0.25) is 4.90 Å². The summed E-state index contributed by atoms with van der Waals surface area (Å²) in [5.41, 5.74) is 7.35. The summed E-state index contributed by atoms with van der Waals surface area (Å²) >= 11 is 0. The number of amides is 2. The molecule has 0 atom stereocenters. The Bertz CT molecular complexity index is 966. The van der Waals surface area contributed by atoms with Gasteiger partial charge in [-0.25, -0.2) is 4.79 Å². The van der Waals surface area contributed by atoms with E-state index in [1.54, 1.807) is 4.90 Å². The summed E-state index contributed by atoms with van der Waals surface area (Å²) in [6, 6.07) is 27.3. The third kappa shape index (κ3) is 2.27. The summed E-state index contributed by atoms with van der Waals surface area (Å²) in [5, 5.41) is 4.13. The largest absolute Gasteiger partial charge is 0.351 e. The van der Waals surface area contributed by atoms with E-state index < -0.39 is 6.03 Å². The number of nitrogens with zero attached hydrogens (tertiary/aromatic N) is 1. The highest BCUT2D eigenvalue weighted by Crippen LogP contribution is 2.36. The number of fused-ring (bicyclic) bond motifs is 2. The quantitative estimate of drug-likeness (QED) is 0.542. The van der Waals surface area contributed by atoms with Gasteiger partial charge >= 0.3 is 6.03 Å². The lowest BCUT2D eigenvalue weighted by molar-refractivity contribution is 0.256. The van der Waals surface area contributed by atoms with Crippen molar-refractivity contribution in [3.8, 4) is 0 Å². The first-order valence-corrected chi connectivity index (χ1v) is 7.81. The number of urea groups is 1. The van der Waals surface area contributed by atoms with E-state index >= 15 is 0 Å². The normalized spacial score (nSPS) is 10.8. The summed E-state index contributed by atoms with van der Waals surface area (Å²) in [7, 11) is 0. The lowest BCUT2D eigenvalue weighted by Gasteiger charge is -2.24. The number of carbonyl (C=O) groups is 1. The molecule has 0 saturated carbocycles. The molecule has 3 nitrogen and oxygen atoms in total. The second-order valence-corrected chi connectivity index (χ2v) is 5.67. The Balaban J connectivity index is 2.02. The Morgan fingerprint density at radius 2 is 1.04 bits per heavy atom. The number of carbonyl (C=O) groups excluding carboxylic acids is 1. The number of rotatable bonds is 2. The third-order valence-electron chi connectivity index (χ3n) is 4.24. The fraction of sp³-hybridized carbons (Fsp3) is 0. The van der Waals surface area contributed by atoms with Gasteiger partial charge in [-0.1, -0.05) is 72.8 Å². The molecule has 0 bridgehead atoms. The molecule has 0 aliphatic heterocycles. The van der Waals surface area contributed by atoms with Gasteiger partial charge in [0.1, 0.15) is 0 Å². The van der Waals surface area contributed by atoms with Gasteiger partial charge in [0.15, 0.2) is 0 Å². The molecule has 2 amide bonds. The minimum Gasteiger partial charge on any atom is -0.351 e. The number of nitrogens with two attached hydrogens (primary N) is 1. The van der Waals surface area contributed by atoms with Crippen molar-refractivity contribution >= 4 is 39.0 Å². The molecular weight excluding hydrogens is 296 g/mol. The van der Waals surface area contributed by atoms with Crippen LogP contribution in [0, 0.1) is 0 Å². The summed E-state index contributed by atoms with van der Waals surface area (Å²) < 4.78 is 0. The highest BCUT2D eigenvalue weighted by atomic mass is 16.2. The molecule has 0 saturated heterocycles. The monoisotopic (exact) mass is 312 g/mol. The van der Waals surface area contributed by atoms with Crippen LogP contribution in [0.1, 0.15) is 0 Å². The molecule has 0 fully saturated rings. The molecule has 0 unspecified atom stereocenters. The predicted octanol–water partition coefficient (Wildman–Crippen LogP) is 5.21. The molecule has 0 spiro atoms.